The molecule has 134 valence electrons. The summed E-state index contributed by atoms with van der Waals surface area (Å²) in [4.78, 5) is 12.1. The van der Waals surface area contributed by atoms with E-state index in [2.05, 4.69) is 17.4 Å². The van der Waals surface area contributed by atoms with Crippen molar-refractivity contribution in [2.45, 2.75) is 64.3 Å². The van der Waals surface area contributed by atoms with Gasteiger partial charge < -0.3 is 20.5 Å². The normalized spacial score (nSPS) is 18.1. The highest BCUT2D eigenvalue weighted by Gasteiger charge is 2.26. The highest BCUT2D eigenvalue weighted by atomic mass is 16.5. The van der Waals surface area contributed by atoms with Crippen LogP contribution < -0.4 is 11.1 Å². The van der Waals surface area contributed by atoms with Gasteiger partial charge in [0.15, 0.2) is 0 Å². The molecular formula is C19H30N2O3. The van der Waals surface area contributed by atoms with Gasteiger partial charge in [-0.2, -0.15) is 0 Å². The highest BCUT2D eigenvalue weighted by Crippen LogP contribution is 2.14. The minimum Gasteiger partial charge on any atom is -0.381 e. The maximum absolute atomic E-state index is 12.1. The van der Waals surface area contributed by atoms with Gasteiger partial charge in [-0.05, 0) is 37.3 Å². The molecule has 0 bridgehead atoms. The van der Waals surface area contributed by atoms with Gasteiger partial charge in [-0.1, -0.05) is 37.6 Å². The summed E-state index contributed by atoms with van der Waals surface area (Å²) in [7, 11) is 0. The highest BCUT2D eigenvalue weighted by molar-refractivity contribution is 5.85. The van der Waals surface area contributed by atoms with E-state index in [1.165, 1.54) is 0 Å². The summed E-state index contributed by atoms with van der Waals surface area (Å²) < 4.78 is 11.2. The van der Waals surface area contributed by atoms with Crippen molar-refractivity contribution in [3.8, 4) is 0 Å². The lowest BCUT2D eigenvalue weighted by Gasteiger charge is -2.23. The third-order valence-electron chi connectivity index (χ3n) is 4.42. The minimum atomic E-state index is -0.799. The lowest BCUT2D eigenvalue weighted by Crippen LogP contribution is -2.51. The Bertz CT molecular complexity index is 508. The molecule has 24 heavy (non-hydrogen) atoms. The van der Waals surface area contributed by atoms with Crippen molar-refractivity contribution in [2.24, 2.45) is 5.73 Å². The molecule has 1 atom stereocenters. The molecule has 1 aliphatic rings. The Morgan fingerprint density at radius 3 is 2.54 bits per heavy atom. The predicted molar refractivity (Wildman–Crippen MR) is 94.4 cm³/mol. The molecule has 0 saturated carbocycles. The smallest absolute Gasteiger partial charge is 0.240 e. The summed E-state index contributed by atoms with van der Waals surface area (Å²) in [6.07, 6.45) is 3.82. The first-order valence-electron chi connectivity index (χ1n) is 8.85. The molecule has 1 aromatic rings. The summed E-state index contributed by atoms with van der Waals surface area (Å²) in [5, 5.41) is 2.92. The fourth-order valence-electron chi connectivity index (χ4n) is 2.83. The average molecular weight is 334 g/mol. The van der Waals surface area contributed by atoms with E-state index in [9.17, 15) is 4.79 Å². The summed E-state index contributed by atoms with van der Waals surface area (Å²) in [6.45, 7) is 6.51. The Kier molecular flexibility index (Phi) is 7.21. The first-order valence-corrected chi connectivity index (χ1v) is 8.85. The Labute approximate surface area is 144 Å². The van der Waals surface area contributed by atoms with Crippen molar-refractivity contribution < 1.29 is 14.3 Å². The van der Waals surface area contributed by atoms with Crippen molar-refractivity contribution in [3.05, 3.63) is 35.4 Å². The molecule has 1 heterocycles. The van der Waals surface area contributed by atoms with Crippen molar-refractivity contribution in [1.29, 1.82) is 0 Å². The number of amides is 1. The third kappa shape index (κ3) is 5.89. The van der Waals surface area contributed by atoms with Crippen molar-refractivity contribution >= 4 is 5.91 Å². The molecule has 0 radical (unpaired) electrons. The maximum atomic E-state index is 12.1. The van der Waals surface area contributed by atoms with Crippen molar-refractivity contribution in [3.63, 3.8) is 0 Å². The standard InChI is InChI=1S/C19H30N2O3/c1-3-10-19(2,20)18(22)21-13-15-4-6-16(7-5-15)14-24-17-8-11-23-12-9-17/h4-7,17H,3,8-14,20H2,1-2H3,(H,21,22). The Hall–Kier alpha value is -1.43. The molecule has 5 heteroatoms. The quantitative estimate of drug-likeness (QED) is 0.766. The molecular weight excluding hydrogens is 304 g/mol. The van der Waals surface area contributed by atoms with E-state index in [0.29, 0.717) is 25.7 Å². The molecule has 1 aliphatic heterocycles. The zero-order valence-corrected chi connectivity index (χ0v) is 14.8. The first kappa shape index (κ1) is 18.9. The van der Waals surface area contributed by atoms with Crippen LogP contribution in [-0.4, -0.2) is 30.8 Å². The van der Waals surface area contributed by atoms with Gasteiger partial charge >= 0.3 is 0 Å². The van der Waals surface area contributed by atoms with E-state index in [1.54, 1.807) is 6.92 Å². The van der Waals surface area contributed by atoms with Crippen molar-refractivity contribution in [2.75, 3.05) is 13.2 Å². The molecule has 1 unspecified atom stereocenters. The van der Waals surface area contributed by atoms with Gasteiger partial charge in [-0.3, -0.25) is 4.79 Å². The molecule has 1 aromatic carbocycles. The summed E-state index contributed by atoms with van der Waals surface area (Å²) in [5.74, 6) is -0.101. The minimum absolute atomic E-state index is 0.101. The van der Waals surface area contributed by atoms with E-state index >= 15 is 0 Å². The number of benzene rings is 1. The summed E-state index contributed by atoms with van der Waals surface area (Å²) in [5.41, 5.74) is 7.44. The number of hydrogen-bond donors (Lipinski definition) is 2. The van der Waals surface area contributed by atoms with E-state index in [1.807, 2.05) is 19.1 Å². The van der Waals surface area contributed by atoms with Crippen LogP contribution in [0.25, 0.3) is 0 Å². The maximum Gasteiger partial charge on any atom is 0.240 e. The van der Waals surface area contributed by atoms with Crippen LogP contribution in [0.4, 0.5) is 0 Å². The second-order valence-electron chi connectivity index (χ2n) is 6.79. The second kappa shape index (κ2) is 9.16. The first-order chi connectivity index (χ1) is 11.5. The largest absolute Gasteiger partial charge is 0.381 e. The van der Waals surface area contributed by atoms with Gasteiger partial charge in [0.1, 0.15) is 0 Å². The zero-order valence-electron chi connectivity index (χ0n) is 14.8. The Morgan fingerprint density at radius 1 is 1.29 bits per heavy atom. The topological polar surface area (TPSA) is 73.6 Å². The number of nitrogens with one attached hydrogen (secondary N) is 1. The van der Waals surface area contributed by atoms with Crippen LogP contribution in [0.15, 0.2) is 24.3 Å². The monoisotopic (exact) mass is 334 g/mol. The van der Waals surface area contributed by atoms with Gasteiger partial charge in [0.25, 0.3) is 0 Å². The molecule has 2 rings (SSSR count). The molecule has 1 fully saturated rings. The van der Waals surface area contributed by atoms with Crippen molar-refractivity contribution in [1.82, 2.24) is 5.32 Å². The predicted octanol–water partition coefficient (Wildman–Crippen LogP) is 2.52. The van der Waals surface area contributed by atoms with Gasteiger partial charge in [-0.15, -0.1) is 0 Å². The Morgan fingerprint density at radius 2 is 1.92 bits per heavy atom. The van der Waals surface area contributed by atoms with Crippen LogP contribution in [0.2, 0.25) is 0 Å². The van der Waals surface area contributed by atoms with Crippen LogP contribution >= 0.6 is 0 Å². The van der Waals surface area contributed by atoms with Gasteiger partial charge in [-0.25, -0.2) is 0 Å². The molecule has 5 nitrogen and oxygen atoms in total. The van der Waals surface area contributed by atoms with E-state index in [-0.39, 0.29) is 5.91 Å². The van der Waals surface area contributed by atoms with Crippen LogP contribution in [0.5, 0.6) is 0 Å². The average Bonchev–Trinajstić information content (AvgIpc) is 2.59. The third-order valence-corrected chi connectivity index (χ3v) is 4.42. The zero-order chi connectivity index (χ0) is 17.4. The van der Waals surface area contributed by atoms with E-state index in [4.69, 9.17) is 15.2 Å². The van der Waals surface area contributed by atoms with E-state index in [0.717, 1.165) is 43.6 Å². The number of nitrogens with two attached hydrogens (primary N) is 1. The number of rotatable bonds is 8. The number of carbonyl (C=O) groups excluding carboxylic acids is 1. The molecule has 3 N–H and O–H groups in total. The number of hydrogen-bond acceptors (Lipinski definition) is 4. The van der Waals surface area contributed by atoms with Crippen LogP contribution in [0, 0.1) is 0 Å². The van der Waals surface area contributed by atoms with Gasteiger partial charge in [0.05, 0.1) is 18.2 Å². The molecule has 1 saturated heterocycles. The second-order valence-corrected chi connectivity index (χ2v) is 6.79. The van der Waals surface area contributed by atoms with E-state index < -0.39 is 5.54 Å². The Balaban J connectivity index is 1.76. The fraction of sp³-hybridized carbons (Fsp3) is 0.632. The van der Waals surface area contributed by atoms with Crippen LogP contribution in [-0.2, 0) is 27.4 Å². The molecule has 0 spiro atoms. The van der Waals surface area contributed by atoms with Gasteiger partial charge in [0.2, 0.25) is 5.91 Å². The van der Waals surface area contributed by atoms with Crippen LogP contribution in [0.1, 0.15) is 50.7 Å². The SMILES string of the molecule is CCCC(C)(N)C(=O)NCc1ccc(COC2CCOCC2)cc1. The van der Waals surface area contributed by atoms with Gasteiger partial charge in [0, 0.05) is 19.8 Å². The number of carbonyl (C=O) groups is 1. The van der Waals surface area contributed by atoms with Crippen LogP contribution in [0.3, 0.4) is 0 Å². The number of ether oxygens (including phenoxy) is 2. The lowest BCUT2D eigenvalue weighted by atomic mass is 9.96. The fourth-order valence-corrected chi connectivity index (χ4v) is 2.83. The molecule has 0 aromatic heterocycles. The molecule has 1 amide bonds. The molecule has 0 aliphatic carbocycles. The lowest BCUT2D eigenvalue weighted by molar-refractivity contribution is -0.126. The summed E-state index contributed by atoms with van der Waals surface area (Å²) >= 11 is 0. The summed E-state index contributed by atoms with van der Waals surface area (Å²) in [6, 6.07) is 8.15.